The predicted molar refractivity (Wildman–Crippen MR) is 87.4 cm³/mol. The number of aliphatic hydroxyl groups is 1. The van der Waals surface area contributed by atoms with E-state index in [4.69, 9.17) is 28.0 Å². The van der Waals surface area contributed by atoms with Gasteiger partial charge < -0.3 is 24.9 Å². The molecule has 2 fully saturated rings. The number of rotatable bonds is 3. The molecule has 0 radical (unpaired) electrons. The van der Waals surface area contributed by atoms with Gasteiger partial charge in [0.15, 0.2) is 0 Å². The van der Waals surface area contributed by atoms with Gasteiger partial charge in [-0.2, -0.15) is 0 Å². The summed E-state index contributed by atoms with van der Waals surface area (Å²) >= 11 is 4.51. The van der Waals surface area contributed by atoms with Crippen molar-refractivity contribution >= 4 is 11.9 Å². The SMILES string of the molecule is NC1CCCC[C]1(N)[Pt+].NC1CCCC[C]1(N)[Pt+].O=C([O-])CC(O)C(=O)[O-]. The van der Waals surface area contributed by atoms with Crippen LogP contribution < -0.4 is 33.1 Å². The molecule has 0 aromatic rings. The number of carbonyl (C=O) groups excluding carboxylic acids is 2. The molecule has 2 rings (SSSR count). The van der Waals surface area contributed by atoms with Crippen molar-refractivity contribution in [1.29, 1.82) is 0 Å². The molecule has 0 spiro atoms. The minimum absolute atomic E-state index is 0.113. The van der Waals surface area contributed by atoms with Crippen LogP contribution in [0.4, 0.5) is 0 Å². The van der Waals surface area contributed by atoms with Crippen LogP contribution in [0.5, 0.6) is 0 Å². The molecule has 0 saturated heterocycles. The maximum atomic E-state index is 9.58. The Hall–Kier alpha value is 0.117. The van der Waals surface area contributed by atoms with Crippen molar-refractivity contribution in [2.45, 2.75) is 83.8 Å². The normalized spacial score (nSPS) is 34.3. The van der Waals surface area contributed by atoms with Gasteiger partial charge in [-0.1, -0.05) is 0 Å². The number of nitrogens with two attached hydrogens (primary N) is 4. The molecule has 2 aliphatic rings. The van der Waals surface area contributed by atoms with Crippen LogP contribution >= 0.6 is 0 Å². The first-order chi connectivity index (χ1) is 12.3. The molecule has 2 saturated carbocycles. The van der Waals surface area contributed by atoms with E-state index in [9.17, 15) is 19.8 Å². The molecule has 27 heavy (non-hydrogen) atoms. The Morgan fingerprint density at radius 1 is 0.963 bits per heavy atom. The Kier molecular flexibility index (Phi) is 12.7. The number of carboxylic acids is 2. The van der Waals surface area contributed by atoms with E-state index in [1.54, 1.807) is 0 Å². The Bertz CT molecular complexity index is 454. The third-order valence-electron chi connectivity index (χ3n) is 4.44. The summed E-state index contributed by atoms with van der Waals surface area (Å²) in [5.74, 6) is -3.43. The van der Waals surface area contributed by atoms with E-state index < -0.39 is 24.5 Å². The van der Waals surface area contributed by atoms with Gasteiger partial charge in [0.25, 0.3) is 0 Å². The van der Waals surface area contributed by atoms with Crippen molar-refractivity contribution in [3.8, 4) is 0 Å². The standard InChI is InChI=1S/2C6H13N2.C4H6O5.2Pt/c2*7-5-3-1-2-4-6(5)8;5-2(4(8)9)1-3(6)7;;/h2*5H,1-4,7-8H2;2,5H,1H2,(H,6,7)(H,8,9);;/q;;;2*+1/p-2. The molecule has 9 N–H and O–H groups in total. The Morgan fingerprint density at radius 3 is 1.48 bits per heavy atom. The molecule has 0 aliphatic heterocycles. The molecular formula is C16H30N4O5Pt2. The van der Waals surface area contributed by atoms with E-state index >= 15 is 0 Å². The monoisotopic (exact) mass is 748 g/mol. The molecular weight excluding hydrogens is 718 g/mol. The molecule has 0 amide bonds. The first-order valence-electron chi connectivity index (χ1n) is 8.79. The zero-order valence-corrected chi connectivity index (χ0v) is 19.7. The van der Waals surface area contributed by atoms with E-state index in [0.717, 1.165) is 25.7 Å². The predicted octanol–water partition coefficient (Wildman–Crippen LogP) is -3.58. The minimum Gasteiger partial charge on any atom is -0.550 e. The van der Waals surface area contributed by atoms with Crippen LogP contribution in [0, 0.1) is 0 Å². The summed E-state index contributed by atoms with van der Waals surface area (Å²) in [5.41, 5.74) is 23.3. The molecule has 5 atom stereocenters. The first-order valence-corrected chi connectivity index (χ1v) is 11.1. The van der Waals surface area contributed by atoms with Crippen molar-refractivity contribution < 1.29 is 64.5 Å². The van der Waals surface area contributed by atoms with Crippen LogP contribution in [0.25, 0.3) is 0 Å². The second-order valence-electron chi connectivity index (χ2n) is 6.85. The van der Waals surface area contributed by atoms with E-state index in [2.05, 4.69) is 39.6 Å². The third-order valence-corrected chi connectivity index (χ3v) is 7.26. The zero-order valence-electron chi connectivity index (χ0n) is 15.1. The van der Waals surface area contributed by atoms with Crippen molar-refractivity contribution in [2.24, 2.45) is 22.9 Å². The van der Waals surface area contributed by atoms with Crippen molar-refractivity contribution in [1.82, 2.24) is 0 Å². The average molecular weight is 749 g/mol. The van der Waals surface area contributed by atoms with Gasteiger partial charge in [0.2, 0.25) is 0 Å². The minimum atomic E-state index is -1.96. The van der Waals surface area contributed by atoms with Crippen LogP contribution in [0.3, 0.4) is 0 Å². The Labute approximate surface area is 182 Å². The van der Waals surface area contributed by atoms with Crippen LogP contribution in [0.2, 0.25) is 0 Å². The first kappa shape index (κ1) is 27.1. The van der Waals surface area contributed by atoms with Gasteiger partial charge >= 0.3 is 134 Å². The van der Waals surface area contributed by atoms with Gasteiger partial charge in [-0.3, -0.25) is 0 Å². The van der Waals surface area contributed by atoms with Gasteiger partial charge in [0.05, 0.1) is 12.1 Å². The summed E-state index contributed by atoms with van der Waals surface area (Å²) in [5, 5.41) is 27.3. The third kappa shape index (κ3) is 11.6. The molecule has 11 heteroatoms. The molecule has 5 unspecified atom stereocenters. The largest absolute Gasteiger partial charge is 0.550 e. The summed E-state index contributed by atoms with van der Waals surface area (Å²) in [6.45, 7) is 0. The molecule has 164 valence electrons. The Balaban J connectivity index is 0.000000376. The number of aliphatic hydroxyl groups excluding tert-OH is 1. The molecule has 0 aromatic carbocycles. The maximum Gasteiger partial charge on any atom is 0.0985 e. The van der Waals surface area contributed by atoms with Gasteiger partial charge in [-0.15, -0.1) is 0 Å². The van der Waals surface area contributed by atoms with E-state index in [1.807, 2.05) is 0 Å². The quantitative estimate of drug-likeness (QED) is 0.193. The molecule has 0 bridgehead atoms. The topological polar surface area (TPSA) is 205 Å². The molecule has 0 aromatic heterocycles. The summed E-state index contributed by atoms with van der Waals surface area (Å²) in [6.07, 6.45) is 6.46. The van der Waals surface area contributed by atoms with E-state index in [0.29, 0.717) is 0 Å². The Morgan fingerprint density at radius 2 is 1.33 bits per heavy atom. The molecule has 2 aliphatic carbocycles. The summed E-state index contributed by atoms with van der Waals surface area (Å²) in [4.78, 5) is 19.1. The molecule has 9 nitrogen and oxygen atoms in total. The second-order valence-corrected chi connectivity index (χ2v) is 11.1. The van der Waals surface area contributed by atoms with Crippen molar-refractivity contribution in [3.05, 3.63) is 0 Å². The van der Waals surface area contributed by atoms with E-state index in [1.165, 1.54) is 25.7 Å². The molecule has 0 heterocycles. The fourth-order valence-electron chi connectivity index (χ4n) is 2.57. The number of carbonyl (C=O) groups is 2. The maximum absolute atomic E-state index is 9.58. The van der Waals surface area contributed by atoms with Crippen molar-refractivity contribution in [2.75, 3.05) is 0 Å². The average Bonchev–Trinajstić information content (AvgIpc) is 2.53. The van der Waals surface area contributed by atoms with Crippen LogP contribution in [-0.4, -0.2) is 43.1 Å². The van der Waals surface area contributed by atoms with E-state index in [-0.39, 0.29) is 19.9 Å². The summed E-state index contributed by atoms with van der Waals surface area (Å²) in [6, 6.07) is 0.431. The fraction of sp³-hybridized carbons (Fsp3) is 0.875. The van der Waals surface area contributed by atoms with Crippen LogP contribution in [-0.2, 0) is 49.2 Å². The van der Waals surface area contributed by atoms with Gasteiger partial charge in [0.1, 0.15) is 0 Å². The zero-order chi connectivity index (χ0) is 21.3. The number of carboxylic acid groups (broad SMARTS) is 2. The second kappa shape index (κ2) is 12.6. The van der Waals surface area contributed by atoms with Gasteiger partial charge in [-0.25, -0.2) is 0 Å². The van der Waals surface area contributed by atoms with Crippen LogP contribution in [0.15, 0.2) is 0 Å². The number of hydrogen-bond donors (Lipinski definition) is 5. The number of aliphatic carboxylic acids is 2. The smallest absolute Gasteiger partial charge is 0.0985 e. The van der Waals surface area contributed by atoms with Crippen LogP contribution in [0.1, 0.15) is 57.8 Å². The summed E-state index contributed by atoms with van der Waals surface area (Å²) in [7, 11) is 0. The fourth-order valence-corrected chi connectivity index (χ4v) is 4.03. The van der Waals surface area contributed by atoms with Crippen molar-refractivity contribution in [3.63, 3.8) is 0 Å². The van der Waals surface area contributed by atoms with Gasteiger partial charge in [0, 0.05) is 12.4 Å². The number of hydrogen-bond acceptors (Lipinski definition) is 9. The van der Waals surface area contributed by atoms with Gasteiger partial charge in [-0.05, 0) is 0 Å². The summed E-state index contributed by atoms with van der Waals surface area (Å²) < 4.78 is -0.226.